The van der Waals surface area contributed by atoms with Gasteiger partial charge in [-0.15, -0.1) is 0 Å². The van der Waals surface area contributed by atoms with Gasteiger partial charge >= 0.3 is 5.97 Å². The number of ketones is 7. The number of pyridine rings is 1. The molecule has 6 aromatic rings. The fourth-order valence-corrected chi connectivity index (χ4v) is 16.8. The van der Waals surface area contributed by atoms with Crippen molar-refractivity contribution in [3.05, 3.63) is 162 Å². The van der Waals surface area contributed by atoms with Crippen LogP contribution in [0.25, 0.3) is 10.9 Å². The predicted molar refractivity (Wildman–Crippen MR) is 549 cm³/mol. The summed E-state index contributed by atoms with van der Waals surface area (Å²) in [5.74, 6) is -22.4. The summed E-state index contributed by atoms with van der Waals surface area (Å²) in [7, 11) is 0. The molecule has 6 rings (SSSR count). The van der Waals surface area contributed by atoms with Crippen LogP contribution in [0.1, 0.15) is 205 Å². The Morgan fingerprint density at radius 1 is 0.483 bits per heavy atom. The monoisotopic (exact) mass is 2060 g/mol. The normalized spacial score (nSPS) is 14.4. The highest BCUT2D eigenvalue weighted by Gasteiger charge is 2.39. The average molecular weight is 2060 g/mol. The number of fused-ring (bicyclic) bond motifs is 1. The molecule has 27 N–H and O–H groups in total. The van der Waals surface area contributed by atoms with Crippen LogP contribution in [0.4, 0.5) is 5.69 Å². The summed E-state index contributed by atoms with van der Waals surface area (Å²) in [4.78, 5) is 263. The molecule has 802 valence electrons. The first-order chi connectivity index (χ1) is 69.8. The molecule has 1 unspecified atom stereocenters. The molecular weight excluding hydrogens is 1920 g/mol. The molecule has 2 aromatic heterocycles. The van der Waals surface area contributed by atoms with E-state index in [1.807, 2.05) is 24.3 Å². The van der Waals surface area contributed by atoms with Gasteiger partial charge in [-0.25, -0.2) is 4.98 Å². The third-order valence-corrected chi connectivity index (χ3v) is 25.7. The van der Waals surface area contributed by atoms with Gasteiger partial charge in [-0.05, 0) is 189 Å². The Hall–Kier alpha value is -13.7. The van der Waals surface area contributed by atoms with Gasteiger partial charge in [0.2, 0.25) is 59.1 Å². The summed E-state index contributed by atoms with van der Waals surface area (Å²) in [6, 6.07) is 16.4. The maximum atomic E-state index is 14.8. The van der Waals surface area contributed by atoms with Gasteiger partial charge in [0.25, 0.3) is 0 Å². The largest absolute Gasteiger partial charge is 0.508 e. The number of hydrogen-bond acceptors (Lipinski definition) is 30. The molecule has 43 heteroatoms. The summed E-state index contributed by atoms with van der Waals surface area (Å²) in [6.07, 6.45) is -0.845. The van der Waals surface area contributed by atoms with Crippen LogP contribution in [-0.2, 0) is 117 Å². The molecule has 10 amide bonds. The third-order valence-electron chi connectivity index (χ3n) is 25.4. The molecule has 147 heavy (non-hydrogen) atoms. The molecule has 4 aromatic carbocycles. The number of H-pyrrole nitrogens is 1. The number of anilines is 1. The molecule has 0 bridgehead atoms. The van der Waals surface area contributed by atoms with Crippen molar-refractivity contribution in [3.8, 4) is 11.5 Å². The number of primary amides is 3. The number of carboxylic acids is 1. The number of likely N-dealkylation sites (N-methyl/N-ethyl adjacent to an activating group) is 1. The van der Waals surface area contributed by atoms with Gasteiger partial charge < -0.3 is 113 Å². The van der Waals surface area contributed by atoms with Gasteiger partial charge in [0, 0.05) is 159 Å². The zero-order chi connectivity index (χ0) is 109. The lowest BCUT2D eigenvalue weighted by molar-refractivity contribution is -0.141. The number of rotatable bonds is 75. The average Bonchev–Trinajstić information content (AvgIpc) is 0.897. The molecule has 0 aliphatic rings. The van der Waals surface area contributed by atoms with E-state index in [9.17, 15) is 102 Å². The number of nitrogens with zero attached hydrogens (tertiary/aromatic N) is 3. The van der Waals surface area contributed by atoms with Gasteiger partial charge in [0.05, 0.1) is 66.3 Å². The van der Waals surface area contributed by atoms with Crippen molar-refractivity contribution in [1.29, 1.82) is 0 Å². The van der Waals surface area contributed by atoms with Crippen LogP contribution in [0.5, 0.6) is 11.5 Å². The van der Waals surface area contributed by atoms with Crippen molar-refractivity contribution in [3.63, 3.8) is 0 Å². The maximum Gasteiger partial charge on any atom is 0.305 e. The van der Waals surface area contributed by atoms with E-state index < -0.39 is 260 Å². The topological polar surface area (TPSA) is 712 Å². The number of hydrogen-bond donors (Lipinski definition) is 20. The minimum atomic E-state index is -1.96. The number of aromatic nitrogens is 3. The standard InChI is InChI=1S/C104H147ClN20O22/c1-8-125(43-15-16-62(4)117-79-39-42-114-82-55-73(105)27-32-77(79)82)44-45-147-63(5)21-34-81(97(110)140)122-102(145)71(48-66-17-10-9-11-18-66)53-87(129)64(6)119-99(142)61(3)47-91(133)84(56-74-58-113-59-116-74)120-95(137)38-35-86(128)83(50-68-24-30-76(127)31-25-68)123-101(144)70(26-36-93(108)135)52-92(134)85(57-96(138)139)124-103(146)72(49-67-22-28-75(126)29-23-67)54-88(130)65(7)118-98(141)60(2)46-90(132)80(20-14-41-115-104(111)112)121-100(143)69(19-12-13-40-106)51-89(131)78(107)33-37-94(109)136/h9-11,17-18,22-25,27-32,39,42,55,58-62,64-65,69-72,78,80-81,83-85,104,115,126-127H,5,8,12-16,19-21,26,33-38,40-41,43-54,56-57,106-107,111-112H2,1-4,6-7H3,(H2,108,135)(H2,109,136)(H2,110,140)(H,113,116)(H,114,117)(H,118,141)(H,119,142)(H,120,137)(H,121,143)(H,122,145)(H,123,144)(H,124,146)(H,138,139)/t60-,61-,62?,64+,65+,69-,70-,71-,72-,78+,80+,81+,83+,84+,85+/m1/s1. The van der Waals surface area contributed by atoms with Gasteiger partial charge in [0.15, 0.2) is 34.7 Å². The molecule has 42 nitrogen and oxygen atoms in total. The SMILES string of the molecule is C=C(CC[C@H](NC(=O)[C@@H](CC(=O)[C@H](C)NC(=O)[C@H](C)CC(=O)[C@H](Cc1cnc[nH]1)NC(=O)CCC(=O)[C@H](Cc1ccc(O)cc1)NC(=O)[C@H](CCC(N)=O)CC(=O)[C@H](CC(=O)O)NC(=O)[C@@H](CC(=O)[C@H](C)NC(=O)[C@H](C)CC(=O)[C@H](CCCNC(N)N)NC(=O)[C@H](CCCCN)CC(=O)[C@@H](N)CCC(N)=O)Cc1ccc(O)cc1)Cc1ccccc1)C(N)=O)OCCN(CC)CCCC(C)Nc1ccnc2cc(Cl)ccc12. The highest BCUT2D eigenvalue weighted by atomic mass is 35.5. The molecule has 0 aliphatic carbocycles. The molecule has 0 radical (unpaired) electrons. The van der Waals surface area contributed by atoms with Crippen LogP contribution in [-0.4, -0.2) is 241 Å². The second-order valence-corrected chi connectivity index (χ2v) is 38.1. The Bertz CT molecular complexity index is 5410. The number of aromatic amines is 1. The number of amides is 10. The lowest BCUT2D eigenvalue weighted by atomic mass is 9.89. The van der Waals surface area contributed by atoms with Crippen molar-refractivity contribution >= 4 is 134 Å². The summed E-state index contributed by atoms with van der Waals surface area (Å²) < 4.78 is 6.00. The second kappa shape index (κ2) is 63.7. The van der Waals surface area contributed by atoms with E-state index in [1.165, 1.54) is 88.8 Å². The minimum absolute atomic E-state index is 0.0133. The van der Waals surface area contributed by atoms with Crippen LogP contribution < -0.4 is 88.0 Å². The number of carboxylic acid groups (broad SMARTS) is 1. The number of nitrogens with two attached hydrogens (primary N) is 7. The Morgan fingerprint density at radius 2 is 1.01 bits per heavy atom. The van der Waals surface area contributed by atoms with Crippen molar-refractivity contribution in [1.82, 2.24) is 62.4 Å². The van der Waals surface area contributed by atoms with Gasteiger partial charge in [0.1, 0.15) is 36.2 Å². The fourth-order valence-electron chi connectivity index (χ4n) is 16.6. The van der Waals surface area contributed by atoms with E-state index in [4.69, 9.17) is 56.5 Å². The van der Waals surface area contributed by atoms with Crippen LogP contribution >= 0.6 is 11.6 Å². The molecule has 0 fully saturated rings. The molecule has 2 heterocycles. The predicted octanol–water partition coefficient (Wildman–Crippen LogP) is 4.00. The van der Waals surface area contributed by atoms with E-state index in [-0.39, 0.29) is 108 Å². The summed E-state index contributed by atoms with van der Waals surface area (Å²) in [5, 5.41) is 57.0. The lowest BCUT2D eigenvalue weighted by Gasteiger charge is -2.25. The van der Waals surface area contributed by atoms with E-state index >= 15 is 0 Å². The number of Topliss-reactive ketones (excluding diaryl/α,β-unsaturated/α-hetero) is 7. The number of unbranched alkanes of at least 4 members (excludes halogenated alkanes) is 1. The number of carbonyl (C=O) groups excluding carboxylic acids is 17. The summed E-state index contributed by atoms with van der Waals surface area (Å²) in [5.41, 5.74) is 43.4. The molecule has 0 saturated heterocycles. The zero-order valence-electron chi connectivity index (χ0n) is 84.5. The van der Waals surface area contributed by atoms with E-state index in [0.717, 1.165) is 42.5 Å². The van der Waals surface area contributed by atoms with E-state index in [2.05, 4.69) is 88.1 Å². The Morgan fingerprint density at radius 3 is 1.56 bits per heavy atom. The number of imidazole rings is 1. The van der Waals surface area contributed by atoms with Gasteiger partial charge in [-0.2, -0.15) is 0 Å². The van der Waals surface area contributed by atoms with Crippen molar-refractivity contribution in [2.45, 2.75) is 269 Å². The number of carbonyl (C=O) groups is 18. The number of phenols is 2. The number of ether oxygens (including phenoxy) is 1. The number of halogens is 1. The van der Waals surface area contributed by atoms with E-state index in [0.29, 0.717) is 59.2 Å². The Balaban J connectivity index is 1.08. The minimum Gasteiger partial charge on any atom is -0.508 e. The highest BCUT2D eigenvalue weighted by molar-refractivity contribution is 6.31. The summed E-state index contributed by atoms with van der Waals surface area (Å²) >= 11 is 6.20. The highest BCUT2D eigenvalue weighted by Crippen LogP contribution is 2.29. The first kappa shape index (κ1) is 122. The molecule has 15 atom stereocenters. The number of benzene rings is 4. The number of aromatic hydroxyl groups is 2. The van der Waals surface area contributed by atoms with Crippen LogP contribution in [0.2, 0.25) is 5.02 Å². The van der Waals surface area contributed by atoms with Crippen LogP contribution in [0.3, 0.4) is 0 Å². The quantitative estimate of drug-likeness (QED) is 0.0146. The smallest absolute Gasteiger partial charge is 0.305 e. The molecule has 0 spiro atoms. The van der Waals surface area contributed by atoms with Crippen molar-refractivity contribution in [2.24, 2.45) is 75.6 Å². The zero-order valence-corrected chi connectivity index (χ0v) is 85.2. The van der Waals surface area contributed by atoms with Crippen molar-refractivity contribution in [2.75, 3.05) is 44.6 Å². The van der Waals surface area contributed by atoms with Crippen LogP contribution in [0, 0.1) is 35.5 Å². The van der Waals surface area contributed by atoms with Gasteiger partial charge in [-0.1, -0.05) is 100.0 Å². The lowest BCUT2D eigenvalue weighted by Crippen LogP contribution is -2.49. The number of phenolic OH excluding ortho intramolecular Hbond substituents is 2. The van der Waals surface area contributed by atoms with Gasteiger partial charge in [-0.3, -0.25) is 96.6 Å². The molecular formula is C104H147ClN20O22. The first-order valence-corrected chi connectivity index (χ1v) is 50.2. The van der Waals surface area contributed by atoms with Crippen molar-refractivity contribution < 1.29 is 106 Å². The fraction of sp³-hybridized carbons (Fsp3) is 0.519. The molecule has 0 saturated carbocycles. The van der Waals surface area contributed by atoms with E-state index in [1.54, 1.807) is 36.5 Å². The second-order valence-electron chi connectivity index (χ2n) is 37.7. The molecule has 0 aliphatic heterocycles. The first-order valence-electron chi connectivity index (χ1n) is 49.8. The maximum absolute atomic E-state index is 14.8. The summed E-state index contributed by atoms with van der Waals surface area (Å²) in [6.45, 7) is 16.7. The number of allylic oxidation sites excluding steroid dienone is 1. The Kier molecular flexibility index (Phi) is 52.9. The third kappa shape index (κ3) is 45.5. The number of aliphatic carboxylic acids is 1. The number of nitrogens with one attached hydrogen (secondary N) is 10. The Labute approximate surface area is 860 Å². The van der Waals surface area contributed by atoms with Crippen LogP contribution in [0.15, 0.2) is 134 Å².